The molecule has 0 saturated heterocycles. The van der Waals surface area contributed by atoms with Crippen molar-refractivity contribution in [3.05, 3.63) is 95.1 Å². The van der Waals surface area contributed by atoms with E-state index in [1.807, 2.05) is 66.7 Å². The van der Waals surface area contributed by atoms with Crippen LogP contribution < -0.4 is 14.8 Å². The third kappa shape index (κ3) is 6.02. The van der Waals surface area contributed by atoms with Crippen LogP contribution in [0, 0.1) is 0 Å². The second kappa shape index (κ2) is 11.6. The average Bonchev–Trinajstić information content (AvgIpc) is 2.82. The molecule has 1 N–H and O–H groups in total. The van der Waals surface area contributed by atoms with Crippen molar-refractivity contribution in [1.82, 2.24) is 5.32 Å². The van der Waals surface area contributed by atoms with E-state index in [9.17, 15) is 4.79 Å². The second-order valence-electron chi connectivity index (χ2n) is 7.45. The number of nitrogens with one attached hydrogen (secondary N) is 1. The van der Waals surface area contributed by atoms with E-state index in [1.54, 1.807) is 6.92 Å². The lowest BCUT2D eigenvalue weighted by Gasteiger charge is -2.21. The largest absolute Gasteiger partial charge is 0.489 e. The molecule has 0 amide bonds. The number of halogens is 1. The Balaban J connectivity index is 0.00000289. The summed E-state index contributed by atoms with van der Waals surface area (Å²) in [6, 6.07) is 23.4. The third-order valence-corrected chi connectivity index (χ3v) is 5.25. The number of fused-ring (bicyclic) bond motifs is 1. The van der Waals surface area contributed by atoms with Gasteiger partial charge in [-0.25, -0.2) is 4.79 Å². The summed E-state index contributed by atoms with van der Waals surface area (Å²) in [4.78, 5) is 12.6. The fraction of sp³-hybridized carbons (Fsp3) is 0.269. The highest BCUT2D eigenvalue weighted by molar-refractivity contribution is 5.85. The fourth-order valence-electron chi connectivity index (χ4n) is 3.62. The first-order valence-corrected chi connectivity index (χ1v) is 10.7. The van der Waals surface area contributed by atoms with E-state index >= 15 is 0 Å². The van der Waals surface area contributed by atoms with Crippen LogP contribution in [0.3, 0.4) is 0 Å². The Morgan fingerprint density at radius 1 is 0.969 bits per heavy atom. The number of hydrogen-bond acceptors (Lipinski definition) is 5. The molecule has 1 aliphatic heterocycles. The highest BCUT2D eigenvalue weighted by Crippen LogP contribution is 2.28. The van der Waals surface area contributed by atoms with E-state index < -0.39 is 12.1 Å². The molecule has 168 valence electrons. The molecular formula is C26H28ClNO4. The molecule has 0 radical (unpaired) electrons. The zero-order chi connectivity index (χ0) is 21.5. The predicted molar refractivity (Wildman–Crippen MR) is 126 cm³/mol. The number of carbonyl (C=O) groups is 1. The molecule has 1 unspecified atom stereocenters. The van der Waals surface area contributed by atoms with Crippen molar-refractivity contribution in [1.29, 1.82) is 0 Å². The highest BCUT2D eigenvalue weighted by Gasteiger charge is 2.25. The Morgan fingerprint density at radius 3 is 2.47 bits per heavy atom. The molecule has 1 atom stereocenters. The quantitative estimate of drug-likeness (QED) is 0.485. The van der Waals surface area contributed by atoms with Gasteiger partial charge in [0.25, 0.3) is 0 Å². The highest BCUT2D eigenvalue weighted by atomic mass is 35.5. The van der Waals surface area contributed by atoms with Crippen LogP contribution in [0.25, 0.3) is 0 Å². The van der Waals surface area contributed by atoms with E-state index in [2.05, 4.69) is 11.4 Å². The van der Waals surface area contributed by atoms with Gasteiger partial charge in [-0.05, 0) is 60.8 Å². The van der Waals surface area contributed by atoms with Crippen molar-refractivity contribution < 1.29 is 19.0 Å². The maximum atomic E-state index is 12.6. The minimum Gasteiger partial charge on any atom is -0.489 e. The predicted octanol–water partition coefficient (Wildman–Crippen LogP) is 5.02. The smallest absolute Gasteiger partial charge is 0.352 e. The zero-order valence-corrected chi connectivity index (χ0v) is 18.9. The molecule has 5 nitrogen and oxygen atoms in total. The first-order valence-electron chi connectivity index (χ1n) is 10.7. The number of carbonyl (C=O) groups excluding carboxylic acids is 1. The molecule has 0 bridgehead atoms. The van der Waals surface area contributed by atoms with Crippen LogP contribution in [-0.4, -0.2) is 19.1 Å². The first kappa shape index (κ1) is 23.6. The van der Waals surface area contributed by atoms with E-state index in [-0.39, 0.29) is 12.4 Å². The summed E-state index contributed by atoms with van der Waals surface area (Å²) in [5, 5.41) is 3.37. The minimum atomic E-state index is -0.835. The Morgan fingerprint density at radius 2 is 1.72 bits per heavy atom. The maximum Gasteiger partial charge on any atom is 0.352 e. The van der Waals surface area contributed by atoms with Gasteiger partial charge in [0.1, 0.15) is 18.1 Å². The molecule has 4 rings (SSSR count). The molecule has 0 fully saturated rings. The average molecular weight is 454 g/mol. The molecule has 3 aromatic carbocycles. The lowest BCUT2D eigenvalue weighted by molar-refractivity contribution is -0.151. The molecule has 6 heteroatoms. The van der Waals surface area contributed by atoms with Crippen molar-refractivity contribution in [3.63, 3.8) is 0 Å². The summed E-state index contributed by atoms with van der Waals surface area (Å²) in [5.74, 6) is 0.983. The molecule has 0 aliphatic carbocycles. The lowest BCUT2D eigenvalue weighted by atomic mass is 10.0. The molecule has 1 heterocycles. The van der Waals surface area contributed by atoms with Crippen LogP contribution in [0.1, 0.15) is 35.3 Å². The van der Waals surface area contributed by atoms with Crippen molar-refractivity contribution in [2.75, 3.05) is 13.2 Å². The first-order chi connectivity index (χ1) is 15.2. The molecule has 1 aliphatic rings. The van der Waals surface area contributed by atoms with Gasteiger partial charge in [0.2, 0.25) is 6.10 Å². The van der Waals surface area contributed by atoms with Gasteiger partial charge in [0.15, 0.2) is 0 Å². The van der Waals surface area contributed by atoms with Crippen LogP contribution >= 0.6 is 12.4 Å². The van der Waals surface area contributed by atoms with Crippen LogP contribution in [-0.2, 0) is 29.1 Å². The van der Waals surface area contributed by atoms with Gasteiger partial charge in [-0.2, -0.15) is 0 Å². The van der Waals surface area contributed by atoms with Crippen molar-refractivity contribution in [2.45, 2.75) is 32.6 Å². The zero-order valence-electron chi connectivity index (χ0n) is 18.1. The summed E-state index contributed by atoms with van der Waals surface area (Å²) in [6.45, 7) is 4.37. The van der Waals surface area contributed by atoms with Crippen molar-refractivity contribution in [2.24, 2.45) is 0 Å². The Kier molecular flexibility index (Phi) is 8.54. The van der Waals surface area contributed by atoms with E-state index in [1.165, 1.54) is 11.1 Å². The molecule has 3 aromatic rings. The molecular weight excluding hydrogens is 426 g/mol. The fourth-order valence-corrected chi connectivity index (χ4v) is 3.62. The monoisotopic (exact) mass is 453 g/mol. The number of rotatable bonds is 8. The Bertz CT molecular complexity index is 1010. The third-order valence-electron chi connectivity index (χ3n) is 5.25. The molecule has 0 aromatic heterocycles. The number of ether oxygens (including phenoxy) is 3. The molecule has 32 heavy (non-hydrogen) atoms. The van der Waals surface area contributed by atoms with Gasteiger partial charge in [0, 0.05) is 12.1 Å². The molecule has 0 saturated carbocycles. The van der Waals surface area contributed by atoms with Crippen LogP contribution in [0.2, 0.25) is 0 Å². The Hall–Kier alpha value is -3.02. The maximum absolute atomic E-state index is 12.6. The summed E-state index contributed by atoms with van der Waals surface area (Å²) >= 11 is 0. The topological polar surface area (TPSA) is 56.8 Å². The summed E-state index contributed by atoms with van der Waals surface area (Å²) in [5.41, 5.74) is 4.34. The van der Waals surface area contributed by atoms with Gasteiger partial charge < -0.3 is 19.5 Å². The van der Waals surface area contributed by atoms with E-state index in [0.717, 1.165) is 36.4 Å². The van der Waals surface area contributed by atoms with E-state index in [0.29, 0.717) is 19.0 Å². The Labute approximate surface area is 195 Å². The van der Waals surface area contributed by atoms with Gasteiger partial charge in [0.05, 0.1) is 6.61 Å². The minimum absolute atomic E-state index is 0. The SMILES string of the molecule is CCOC(=O)C(Oc1ccc2c(c1)CNCC2)c1ccc(OCc2ccccc2)cc1.Cl. The summed E-state index contributed by atoms with van der Waals surface area (Å²) in [6.07, 6.45) is 0.166. The van der Waals surface area contributed by atoms with Crippen LogP contribution in [0.4, 0.5) is 0 Å². The van der Waals surface area contributed by atoms with Crippen LogP contribution in [0.15, 0.2) is 72.8 Å². The van der Waals surface area contributed by atoms with Gasteiger partial charge >= 0.3 is 5.97 Å². The van der Waals surface area contributed by atoms with Gasteiger partial charge in [-0.1, -0.05) is 48.5 Å². The standard InChI is InChI=1S/C26H27NO4.ClH/c1-2-29-26(28)25(31-24-13-8-20-14-15-27-17-22(20)16-24)21-9-11-23(12-10-21)30-18-19-6-4-3-5-7-19;/h3-13,16,25,27H,2,14-15,17-18H2,1H3;1H. The van der Waals surface area contributed by atoms with Crippen molar-refractivity contribution >= 4 is 18.4 Å². The van der Waals surface area contributed by atoms with Gasteiger partial charge in [-0.15, -0.1) is 12.4 Å². The normalized spacial score (nSPS) is 13.3. The molecule has 0 spiro atoms. The number of esters is 1. The second-order valence-corrected chi connectivity index (χ2v) is 7.45. The lowest BCUT2D eigenvalue weighted by Crippen LogP contribution is -2.24. The van der Waals surface area contributed by atoms with Gasteiger partial charge in [-0.3, -0.25) is 0 Å². The number of hydrogen-bond donors (Lipinski definition) is 1. The van der Waals surface area contributed by atoms with Crippen LogP contribution in [0.5, 0.6) is 11.5 Å². The summed E-state index contributed by atoms with van der Waals surface area (Å²) < 4.78 is 17.2. The van der Waals surface area contributed by atoms with Crippen molar-refractivity contribution in [3.8, 4) is 11.5 Å². The van der Waals surface area contributed by atoms with E-state index in [4.69, 9.17) is 14.2 Å². The number of benzene rings is 3. The summed E-state index contributed by atoms with van der Waals surface area (Å²) in [7, 11) is 0.